The molecule has 0 N–H and O–H groups in total. The number of para-hydroxylation sites is 3. The topological polar surface area (TPSA) is 18.1 Å². The standard InChI is InChI=1S/C40H25NO/c1-3-14-26(15-4-1)36-28-18-7-9-20-30(28)37(31-21-10-8-19-29(31)36)33-23-13-24-34-38(33)41(27-16-5-2-6-17-27)39-32-22-11-12-25-35(32)42-40(34)39/h1-25H. The quantitative estimate of drug-likeness (QED) is 0.206. The average Bonchev–Trinajstić information content (AvgIpc) is 3.59. The van der Waals surface area contributed by atoms with Crippen LogP contribution in [-0.2, 0) is 0 Å². The van der Waals surface area contributed by atoms with Crippen molar-refractivity contribution in [2.24, 2.45) is 0 Å². The average molecular weight is 536 g/mol. The highest BCUT2D eigenvalue weighted by Crippen LogP contribution is 2.48. The van der Waals surface area contributed by atoms with Gasteiger partial charge in [0, 0.05) is 22.0 Å². The predicted molar refractivity (Wildman–Crippen MR) is 176 cm³/mol. The molecule has 0 bridgehead atoms. The highest BCUT2D eigenvalue weighted by molar-refractivity contribution is 6.26. The van der Waals surface area contributed by atoms with Gasteiger partial charge in [0.1, 0.15) is 11.1 Å². The molecule has 9 aromatic rings. The molecule has 0 saturated heterocycles. The van der Waals surface area contributed by atoms with Gasteiger partial charge in [-0.2, -0.15) is 0 Å². The van der Waals surface area contributed by atoms with E-state index in [-0.39, 0.29) is 0 Å². The van der Waals surface area contributed by atoms with E-state index < -0.39 is 0 Å². The highest BCUT2D eigenvalue weighted by atomic mass is 16.3. The second kappa shape index (κ2) is 8.95. The van der Waals surface area contributed by atoms with E-state index in [2.05, 4.69) is 150 Å². The van der Waals surface area contributed by atoms with Crippen LogP contribution in [0.5, 0.6) is 0 Å². The Balaban J connectivity index is 1.51. The zero-order chi connectivity index (χ0) is 27.6. The first kappa shape index (κ1) is 23.1. The fraction of sp³-hybridized carbons (Fsp3) is 0. The number of fused-ring (bicyclic) bond motifs is 7. The van der Waals surface area contributed by atoms with E-state index in [0.717, 1.165) is 38.7 Å². The lowest BCUT2D eigenvalue weighted by Crippen LogP contribution is -1.97. The Morgan fingerprint density at radius 1 is 0.381 bits per heavy atom. The van der Waals surface area contributed by atoms with Gasteiger partial charge < -0.3 is 8.98 Å². The van der Waals surface area contributed by atoms with Crippen molar-refractivity contribution in [3.63, 3.8) is 0 Å². The van der Waals surface area contributed by atoms with Gasteiger partial charge in [-0.3, -0.25) is 0 Å². The van der Waals surface area contributed by atoms with Crippen molar-refractivity contribution in [1.29, 1.82) is 0 Å². The third-order valence-corrected chi connectivity index (χ3v) is 8.57. The van der Waals surface area contributed by atoms with Gasteiger partial charge in [0.2, 0.25) is 0 Å². The lowest BCUT2D eigenvalue weighted by molar-refractivity contribution is 0.673. The lowest BCUT2D eigenvalue weighted by Gasteiger charge is -2.19. The molecule has 0 aliphatic carbocycles. The zero-order valence-corrected chi connectivity index (χ0v) is 22.8. The Labute approximate surface area is 242 Å². The number of hydrogen-bond donors (Lipinski definition) is 0. The maximum absolute atomic E-state index is 6.59. The third-order valence-electron chi connectivity index (χ3n) is 8.57. The molecule has 0 amide bonds. The summed E-state index contributed by atoms with van der Waals surface area (Å²) in [6, 6.07) is 54.1. The van der Waals surface area contributed by atoms with Crippen molar-refractivity contribution in [2.75, 3.05) is 0 Å². The van der Waals surface area contributed by atoms with Crippen LogP contribution < -0.4 is 0 Å². The molecular weight excluding hydrogens is 510 g/mol. The molecule has 9 rings (SSSR count). The number of benzene rings is 7. The van der Waals surface area contributed by atoms with Crippen molar-refractivity contribution in [1.82, 2.24) is 4.57 Å². The van der Waals surface area contributed by atoms with Crippen LogP contribution in [0.4, 0.5) is 0 Å². The second-order valence-electron chi connectivity index (χ2n) is 10.9. The SMILES string of the molecule is c1ccc(-c2c3ccccc3c(-c3cccc4c5oc6ccccc6c5n(-c5ccccc5)c34)c3ccccc23)cc1. The molecule has 0 fully saturated rings. The minimum absolute atomic E-state index is 0.905. The number of rotatable bonds is 3. The summed E-state index contributed by atoms with van der Waals surface area (Å²) in [5, 5.41) is 7.22. The smallest absolute Gasteiger partial charge is 0.161 e. The predicted octanol–water partition coefficient (Wildman–Crippen LogP) is 11.2. The van der Waals surface area contributed by atoms with Gasteiger partial charge >= 0.3 is 0 Å². The van der Waals surface area contributed by atoms with E-state index in [1.807, 2.05) is 6.07 Å². The zero-order valence-electron chi connectivity index (χ0n) is 22.8. The van der Waals surface area contributed by atoms with Gasteiger partial charge in [-0.25, -0.2) is 0 Å². The maximum Gasteiger partial charge on any atom is 0.161 e. The maximum atomic E-state index is 6.59. The molecule has 2 aromatic heterocycles. The minimum Gasteiger partial charge on any atom is -0.454 e. The van der Waals surface area contributed by atoms with Gasteiger partial charge in [0.15, 0.2) is 5.58 Å². The van der Waals surface area contributed by atoms with E-state index >= 15 is 0 Å². The molecule has 7 aromatic carbocycles. The lowest BCUT2D eigenvalue weighted by atomic mass is 9.85. The molecule has 0 radical (unpaired) electrons. The molecule has 0 saturated carbocycles. The molecule has 2 heterocycles. The van der Waals surface area contributed by atoms with E-state index in [9.17, 15) is 0 Å². The summed E-state index contributed by atoms with van der Waals surface area (Å²) in [7, 11) is 0. The van der Waals surface area contributed by atoms with Crippen LogP contribution in [0.3, 0.4) is 0 Å². The van der Waals surface area contributed by atoms with Crippen LogP contribution >= 0.6 is 0 Å². The summed E-state index contributed by atoms with van der Waals surface area (Å²) in [6.07, 6.45) is 0. The molecule has 0 aliphatic heterocycles. The first-order chi connectivity index (χ1) is 20.9. The number of furan rings is 1. The molecule has 2 nitrogen and oxygen atoms in total. The van der Waals surface area contributed by atoms with Gasteiger partial charge in [-0.05, 0) is 68.6 Å². The molecule has 42 heavy (non-hydrogen) atoms. The Hall–Kier alpha value is -5.60. The number of hydrogen-bond acceptors (Lipinski definition) is 1. The van der Waals surface area contributed by atoms with E-state index in [4.69, 9.17) is 4.42 Å². The number of aromatic nitrogens is 1. The van der Waals surface area contributed by atoms with Gasteiger partial charge in [-0.15, -0.1) is 0 Å². The van der Waals surface area contributed by atoms with Crippen molar-refractivity contribution < 1.29 is 4.42 Å². The fourth-order valence-corrected chi connectivity index (χ4v) is 6.89. The summed E-state index contributed by atoms with van der Waals surface area (Å²) in [5.41, 5.74) is 10.1. The highest BCUT2D eigenvalue weighted by Gasteiger charge is 2.24. The monoisotopic (exact) mass is 535 g/mol. The van der Waals surface area contributed by atoms with Crippen molar-refractivity contribution in [3.8, 4) is 27.9 Å². The van der Waals surface area contributed by atoms with Gasteiger partial charge in [0.05, 0.1) is 5.52 Å². The summed E-state index contributed by atoms with van der Waals surface area (Å²) in [5.74, 6) is 0. The van der Waals surface area contributed by atoms with Crippen LogP contribution in [0.15, 0.2) is 156 Å². The minimum atomic E-state index is 0.905. The Morgan fingerprint density at radius 3 is 1.57 bits per heavy atom. The molecule has 0 atom stereocenters. The van der Waals surface area contributed by atoms with Crippen LogP contribution in [0.2, 0.25) is 0 Å². The van der Waals surface area contributed by atoms with E-state index in [0.29, 0.717) is 0 Å². The Kier molecular flexibility index (Phi) is 4.93. The molecule has 2 heteroatoms. The first-order valence-electron chi connectivity index (χ1n) is 14.4. The summed E-state index contributed by atoms with van der Waals surface area (Å²) in [4.78, 5) is 0. The largest absolute Gasteiger partial charge is 0.454 e. The van der Waals surface area contributed by atoms with Crippen molar-refractivity contribution in [3.05, 3.63) is 152 Å². The molecule has 0 unspecified atom stereocenters. The Bertz CT molecular complexity index is 2390. The molecule has 0 spiro atoms. The summed E-state index contributed by atoms with van der Waals surface area (Å²) < 4.78 is 8.99. The van der Waals surface area contributed by atoms with Crippen LogP contribution in [0.25, 0.3) is 82.5 Å². The Morgan fingerprint density at radius 2 is 0.905 bits per heavy atom. The molecule has 196 valence electrons. The first-order valence-corrected chi connectivity index (χ1v) is 14.4. The van der Waals surface area contributed by atoms with Crippen molar-refractivity contribution in [2.45, 2.75) is 0 Å². The van der Waals surface area contributed by atoms with E-state index in [1.54, 1.807) is 0 Å². The second-order valence-corrected chi connectivity index (χ2v) is 10.9. The summed E-state index contributed by atoms with van der Waals surface area (Å²) >= 11 is 0. The van der Waals surface area contributed by atoms with Crippen LogP contribution in [-0.4, -0.2) is 4.57 Å². The van der Waals surface area contributed by atoms with Gasteiger partial charge in [-0.1, -0.05) is 121 Å². The van der Waals surface area contributed by atoms with E-state index in [1.165, 1.54) is 43.8 Å². The molecule has 0 aliphatic rings. The van der Waals surface area contributed by atoms with Crippen molar-refractivity contribution >= 4 is 54.5 Å². The number of nitrogens with zero attached hydrogens (tertiary/aromatic N) is 1. The van der Waals surface area contributed by atoms with Crippen LogP contribution in [0, 0.1) is 0 Å². The fourth-order valence-electron chi connectivity index (χ4n) is 6.89. The summed E-state index contributed by atoms with van der Waals surface area (Å²) in [6.45, 7) is 0. The third kappa shape index (κ3) is 3.21. The van der Waals surface area contributed by atoms with Crippen LogP contribution in [0.1, 0.15) is 0 Å². The normalized spacial score (nSPS) is 11.8. The van der Waals surface area contributed by atoms with Gasteiger partial charge in [0.25, 0.3) is 0 Å². The molecular formula is C40H25NO.